The van der Waals surface area contributed by atoms with Crippen LogP contribution in [0.25, 0.3) is 0 Å². The van der Waals surface area contributed by atoms with E-state index in [1.807, 2.05) is 6.92 Å². The van der Waals surface area contributed by atoms with E-state index >= 15 is 0 Å². The van der Waals surface area contributed by atoms with Crippen molar-refractivity contribution < 1.29 is 19.4 Å². The molecule has 0 radical (unpaired) electrons. The molecule has 0 spiro atoms. The molecule has 1 amide bonds. The van der Waals surface area contributed by atoms with Crippen molar-refractivity contribution in [2.75, 3.05) is 19.5 Å². The maximum atomic E-state index is 12.3. The van der Waals surface area contributed by atoms with Crippen molar-refractivity contribution in [2.24, 2.45) is 0 Å². The van der Waals surface area contributed by atoms with Crippen LogP contribution in [0.5, 0.6) is 17.2 Å². The van der Waals surface area contributed by atoms with Crippen molar-refractivity contribution >= 4 is 23.2 Å². The van der Waals surface area contributed by atoms with Gasteiger partial charge in [-0.25, -0.2) is 0 Å². The predicted octanol–water partition coefficient (Wildman–Crippen LogP) is 3.62. The van der Waals surface area contributed by atoms with Crippen LogP contribution in [0.15, 0.2) is 30.3 Å². The molecular weight excluding hydrogens is 306 g/mol. The highest BCUT2D eigenvalue weighted by Crippen LogP contribution is 2.36. The summed E-state index contributed by atoms with van der Waals surface area (Å²) in [6.45, 7) is 1.85. The van der Waals surface area contributed by atoms with Gasteiger partial charge in [0.1, 0.15) is 5.75 Å². The number of aryl methyl sites for hydroxylation is 1. The van der Waals surface area contributed by atoms with Crippen LogP contribution in [0.1, 0.15) is 15.9 Å². The Morgan fingerprint density at radius 3 is 2.50 bits per heavy atom. The van der Waals surface area contributed by atoms with E-state index < -0.39 is 5.91 Å². The lowest BCUT2D eigenvalue weighted by Gasteiger charge is -2.12. The zero-order chi connectivity index (χ0) is 16.3. The molecule has 6 heteroatoms. The Kier molecular flexibility index (Phi) is 4.78. The minimum Gasteiger partial charge on any atom is -0.506 e. The molecule has 2 aromatic rings. The number of ether oxygens (including phenoxy) is 2. The Labute approximate surface area is 133 Å². The second-order valence-corrected chi connectivity index (χ2v) is 5.08. The summed E-state index contributed by atoms with van der Waals surface area (Å²) in [4.78, 5) is 12.3. The maximum Gasteiger partial charge on any atom is 0.255 e. The molecule has 0 heterocycles. The van der Waals surface area contributed by atoms with E-state index in [0.717, 1.165) is 5.56 Å². The molecule has 0 aliphatic rings. The summed E-state index contributed by atoms with van der Waals surface area (Å²) in [5, 5.41) is 12.7. The number of carbonyl (C=O) groups is 1. The highest BCUT2D eigenvalue weighted by atomic mass is 35.5. The Morgan fingerprint density at radius 2 is 1.91 bits per heavy atom. The number of hydrogen-bond acceptors (Lipinski definition) is 4. The summed E-state index contributed by atoms with van der Waals surface area (Å²) in [7, 11) is 2.93. The highest BCUT2D eigenvalue weighted by Gasteiger charge is 2.16. The number of halogens is 1. The van der Waals surface area contributed by atoms with Crippen LogP contribution in [0.3, 0.4) is 0 Å². The summed E-state index contributed by atoms with van der Waals surface area (Å²) < 4.78 is 10.3. The normalized spacial score (nSPS) is 10.2. The minimum absolute atomic E-state index is 0.0000707. The summed E-state index contributed by atoms with van der Waals surface area (Å²) in [5.41, 5.74) is 1.51. The lowest BCUT2D eigenvalue weighted by atomic mass is 10.1. The first-order valence-corrected chi connectivity index (χ1v) is 6.86. The minimum atomic E-state index is -0.415. The molecule has 2 N–H and O–H groups in total. The molecule has 0 saturated heterocycles. The molecule has 5 nitrogen and oxygen atoms in total. The third-order valence-corrected chi connectivity index (χ3v) is 3.38. The van der Waals surface area contributed by atoms with E-state index in [1.54, 1.807) is 18.2 Å². The molecule has 0 bridgehead atoms. The van der Waals surface area contributed by atoms with Gasteiger partial charge >= 0.3 is 0 Å². The summed E-state index contributed by atoms with van der Waals surface area (Å²) in [6, 6.07) is 7.98. The zero-order valence-corrected chi connectivity index (χ0v) is 13.2. The second kappa shape index (κ2) is 6.58. The molecule has 0 aliphatic heterocycles. The van der Waals surface area contributed by atoms with Crippen molar-refractivity contribution in [2.45, 2.75) is 6.92 Å². The molecule has 0 atom stereocenters. The van der Waals surface area contributed by atoms with Crippen LogP contribution in [-0.2, 0) is 0 Å². The molecular formula is C16H16ClNO4. The van der Waals surface area contributed by atoms with Gasteiger partial charge in [0.05, 0.1) is 24.9 Å². The van der Waals surface area contributed by atoms with Crippen LogP contribution < -0.4 is 14.8 Å². The molecule has 0 unspecified atom stereocenters. The smallest absolute Gasteiger partial charge is 0.255 e. The first-order valence-electron chi connectivity index (χ1n) is 6.48. The largest absolute Gasteiger partial charge is 0.506 e. The van der Waals surface area contributed by atoms with Crippen LogP contribution >= 0.6 is 11.6 Å². The van der Waals surface area contributed by atoms with Gasteiger partial charge in [-0.3, -0.25) is 4.79 Å². The number of hydrogen-bond donors (Lipinski definition) is 2. The maximum absolute atomic E-state index is 12.3. The molecule has 0 aliphatic carbocycles. The quantitative estimate of drug-likeness (QED) is 0.844. The van der Waals surface area contributed by atoms with Gasteiger partial charge in [0, 0.05) is 5.56 Å². The van der Waals surface area contributed by atoms with E-state index in [-0.39, 0.29) is 10.8 Å². The third-order valence-electron chi connectivity index (χ3n) is 3.10. The van der Waals surface area contributed by atoms with Crippen LogP contribution in [0, 0.1) is 6.92 Å². The van der Waals surface area contributed by atoms with Crippen molar-refractivity contribution in [1.29, 1.82) is 0 Å². The van der Waals surface area contributed by atoms with Crippen molar-refractivity contribution in [3.63, 3.8) is 0 Å². The van der Waals surface area contributed by atoms with E-state index in [2.05, 4.69) is 5.32 Å². The number of phenolic OH excluding ortho intramolecular Hbond substituents is 1. The van der Waals surface area contributed by atoms with Crippen molar-refractivity contribution in [1.82, 2.24) is 0 Å². The van der Waals surface area contributed by atoms with Gasteiger partial charge in [0.15, 0.2) is 11.5 Å². The number of carbonyl (C=O) groups excluding carboxylic acids is 1. The molecule has 0 saturated carbocycles. The van der Waals surface area contributed by atoms with Crippen LogP contribution in [0.4, 0.5) is 5.69 Å². The number of nitrogens with one attached hydrogen (secondary N) is 1. The summed E-state index contributed by atoms with van der Waals surface area (Å²) in [5.74, 6) is 0.300. The number of phenols is 1. The Morgan fingerprint density at radius 1 is 1.18 bits per heavy atom. The molecule has 0 fully saturated rings. The molecule has 2 aromatic carbocycles. The van der Waals surface area contributed by atoms with E-state index in [0.29, 0.717) is 22.7 Å². The van der Waals surface area contributed by atoms with Gasteiger partial charge in [0.2, 0.25) is 0 Å². The van der Waals surface area contributed by atoms with Crippen molar-refractivity contribution in [3.8, 4) is 17.2 Å². The molecule has 0 aromatic heterocycles. The fourth-order valence-electron chi connectivity index (χ4n) is 1.99. The first-order chi connectivity index (χ1) is 10.5. The lowest BCUT2D eigenvalue weighted by molar-refractivity contribution is 0.102. The molecule has 116 valence electrons. The Balaban J connectivity index is 2.31. The van der Waals surface area contributed by atoms with Gasteiger partial charge in [-0.15, -0.1) is 0 Å². The van der Waals surface area contributed by atoms with Gasteiger partial charge in [0.25, 0.3) is 5.91 Å². The number of amides is 1. The van der Waals surface area contributed by atoms with Crippen LogP contribution in [-0.4, -0.2) is 25.2 Å². The Bertz CT molecular complexity index is 716. The first kappa shape index (κ1) is 16.0. The average Bonchev–Trinajstić information content (AvgIpc) is 2.49. The van der Waals surface area contributed by atoms with Gasteiger partial charge in [-0.1, -0.05) is 17.7 Å². The molecule has 2 rings (SSSR count). The van der Waals surface area contributed by atoms with Crippen LogP contribution in [0.2, 0.25) is 5.02 Å². The highest BCUT2D eigenvalue weighted by molar-refractivity contribution is 6.32. The Hall–Kier alpha value is -2.40. The number of methoxy groups -OCH3 is 2. The fraction of sp³-hybridized carbons (Fsp3) is 0.188. The molecule has 22 heavy (non-hydrogen) atoms. The summed E-state index contributed by atoms with van der Waals surface area (Å²) in [6.07, 6.45) is 0. The SMILES string of the molecule is COc1cc(C(=O)Nc2ccc(C)cc2O)cc(Cl)c1OC. The second-order valence-electron chi connectivity index (χ2n) is 4.67. The summed E-state index contributed by atoms with van der Waals surface area (Å²) >= 11 is 6.08. The number of aromatic hydroxyl groups is 1. The topological polar surface area (TPSA) is 67.8 Å². The number of rotatable bonds is 4. The monoisotopic (exact) mass is 321 g/mol. The van der Waals surface area contributed by atoms with E-state index in [9.17, 15) is 9.90 Å². The number of anilines is 1. The van der Waals surface area contributed by atoms with Gasteiger partial charge < -0.3 is 19.9 Å². The standard InChI is InChI=1S/C16H16ClNO4/c1-9-4-5-12(13(19)6-9)18-16(20)10-7-11(17)15(22-3)14(8-10)21-2/h4-8,19H,1-3H3,(H,18,20). The van der Waals surface area contributed by atoms with Gasteiger partial charge in [-0.2, -0.15) is 0 Å². The van der Waals surface area contributed by atoms with E-state index in [4.69, 9.17) is 21.1 Å². The zero-order valence-electron chi connectivity index (χ0n) is 12.4. The third kappa shape index (κ3) is 3.26. The van der Waals surface area contributed by atoms with Gasteiger partial charge in [-0.05, 0) is 36.8 Å². The van der Waals surface area contributed by atoms with E-state index in [1.165, 1.54) is 26.4 Å². The van der Waals surface area contributed by atoms with Crippen molar-refractivity contribution in [3.05, 3.63) is 46.5 Å². The average molecular weight is 322 g/mol. The number of benzene rings is 2. The fourth-order valence-corrected chi connectivity index (χ4v) is 2.28. The lowest BCUT2D eigenvalue weighted by Crippen LogP contribution is -2.12. The predicted molar refractivity (Wildman–Crippen MR) is 85.4 cm³/mol.